The largest absolute Gasteiger partial charge is 0.399 e. The first kappa shape index (κ1) is 15.3. The molecule has 1 aliphatic carbocycles. The van der Waals surface area contributed by atoms with Crippen molar-refractivity contribution in [3.8, 4) is 0 Å². The highest BCUT2D eigenvalue weighted by Crippen LogP contribution is 2.24. The van der Waals surface area contributed by atoms with Gasteiger partial charge in [0.1, 0.15) is 0 Å². The SMILES string of the molecule is Cc1ccc(C(O)CCN(C)C2CCCCC2)cc1N. The lowest BCUT2D eigenvalue weighted by atomic mass is 9.94. The Kier molecular flexibility index (Phi) is 5.44. The van der Waals surface area contributed by atoms with E-state index >= 15 is 0 Å². The molecule has 1 saturated carbocycles. The number of benzene rings is 1. The van der Waals surface area contributed by atoms with Crippen LogP contribution < -0.4 is 5.73 Å². The van der Waals surface area contributed by atoms with Gasteiger partial charge in [0.15, 0.2) is 0 Å². The summed E-state index contributed by atoms with van der Waals surface area (Å²) in [5, 5.41) is 10.3. The van der Waals surface area contributed by atoms with E-state index in [0.717, 1.165) is 29.8 Å². The lowest BCUT2D eigenvalue weighted by Gasteiger charge is -2.31. The highest BCUT2D eigenvalue weighted by molar-refractivity contribution is 5.48. The molecule has 0 bridgehead atoms. The molecule has 1 aliphatic rings. The average molecular weight is 276 g/mol. The topological polar surface area (TPSA) is 49.5 Å². The molecule has 3 nitrogen and oxygen atoms in total. The Hall–Kier alpha value is -1.06. The minimum absolute atomic E-state index is 0.413. The Bertz CT molecular complexity index is 427. The Labute approximate surface area is 122 Å². The third-order valence-corrected chi connectivity index (χ3v) is 4.64. The normalized spacial score (nSPS) is 18.4. The standard InChI is InChI=1S/C17H28N2O/c1-13-8-9-14(12-16(13)18)17(20)10-11-19(2)15-6-4-3-5-7-15/h8-9,12,15,17,20H,3-7,10-11,18H2,1-2H3. The molecule has 20 heavy (non-hydrogen) atoms. The summed E-state index contributed by atoms with van der Waals surface area (Å²) in [5.41, 5.74) is 8.68. The van der Waals surface area contributed by atoms with Gasteiger partial charge in [-0.1, -0.05) is 31.4 Å². The van der Waals surface area contributed by atoms with Crippen molar-refractivity contribution in [3.05, 3.63) is 29.3 Å². The van der Waals surface area contributed by atoms with Crippen molar-refractivity contribution in [3.63, 3.8) is 0 Å². The summed E-state index contributed by atoms with van der Waals surface area (Å²) in [6, 6.07) is 6.58. The lowest BCUT2D eigenvalue weighted by Crippen LogP contribution is -2.34. The number of aliphatic hydroxyl groups excluding tert-OH is 1. The average Bonchev–Trinajstić information content (AvgIpc) is 2.48. The fourth-order valence-corrected chi connectivity index (χ4v) is 3.06. The molecular weight excluding hydrogens is 248 g/mol. The first-order valence-corrected chi connectivity index (χ1v) is 7.82. The minimum atomic E-state index is -0.413. The van der Waals surface area contributed by atoms with Crippen molar-refractivity contribution in [2.45, 2.75) is 57.6 Å². The molecule has 0 saturated heterocycles. The van der Waals surface area contributed by atoms with Crippen molar-refractivity contribution in [2.24, 2.45) is 0 Å². The quantitative estimate of drug-likeness (QED) is 0.812. The lowest BCUT2D eigenvalue weighted by molar-refractivity contribution is 0.125. The highest BCUT2D eigenvalue weighted by atomic mass is 16.3. The first-order valence-electron chi connectivity index (χ1n) is 7.82. The molecule has 112 valence electrons. The Balaban J connectivity index is 1.84. The molecule has 0 aliphatic heterocycles. The van der Waals surface area contributed by atoms with E-state index in [-0.39, 0.29) is 0 Å². The second-order valence-electron chi connectivity index (χ2n) is 6.19. The van der Waals surface area contributed by atoms with Crippen molar-refractivity contribution in [1.29, 1.82) is 0 Å². The van der Waals surface area contributed by atoms with E-state index in [1.165, 1.54) is 32.1 Å². The number of nitrogen functional groups attached to an aromatic ring is 1. The van der Waals surface area contributed by atoms with Crippen molar-refractivity contribution < 1.29 is 5.11 Å². The highest BCUT2D eigenvalue weighted by Gasteiger charge is 2.19. The third kappa shape index (κ3) is 3.97. The van der Waals surface area contributed by atoms with Gasteiger partial charge in [-0.15, -0.1) is 0 Å². The van der Waals surface area contributed by atoms with Crippen molar-refractivity contribution >= 4 is 5.69 Å². The van der Waals surface area contributed by atoms with E-state index in [4.69, 9.17) is 5.73 Å². The van der Waals surface area contributed by atoms with Crippen LogP contribution >= 0.6 is 0 Å². The van der Waals surface area contributed by atoms with E-state index in [1.54, 1.807) is 0 Å². The number of aliphatic hydroxyl groups is 1. The zero-order valence-electron chi connectivity index (χ0n) is 12.8. The van der Waals surface area contributed by atoms with Crippen LogP contribution in [0, 0.1) is 6.92 Å². The molecule has 3 heteroatoms. The number of anilines is 1. The van der Waals surface area contributed by atoms with Crippen LogP contribution in [0.25, 0.3) is 0 Å². The van der Waals surface area contributed by atoms with E-state index in [0.29, 0.717) is 6.04 Å². The summed E-state index contributed by atoms with van der Waals surface area (Å²) in [5.74, 6) is 0. The zero-order valence-corrected chi connectivity index (χ0v) is 12.8. The van der Waals surface area contributed by atoms with Gasteiger partial charge in [0.05, 0.1) is 6.10 Å². The molecule has 0 amide bonds. The van der Waals surface area contributed by atoms with E-state index in [9.17, 15) is 5.11 Å². The number of hydrogen-bond acceptors (Lipinski definition) is 3. The smallest absolute Gasteiger partial charge is 0.0803 e. The van der Waals surface area contributed by atoms with Crippen LogP contribution in [0.4, 0.5) is 5.69 Å². The van der Waals surface area contributed by atoms with Gasteiger partial charge in [-0.2, -0.15) is 0 Å². The number of nitrogens with two attached hydrogens (primary N) is 1. The molecule has 1 aromatic rings. The second kappa shape index (κ2) is 7.09. The monoisotopic (exact) mass is 276 g/mol. The summed E-state index contributed by atoms with van der Waals surface area (Å²) in [6.07, 6.45) is 7.07. The van der Waals surface area contributed by atoms with Crippen LogP contribution in [0.1, 0.15) is 55.8 Å². The molecule has 0 heterocycles. The summed E-state index contributed by atoms with van der Waals surface area (Å²) in [7, 11) is 2.19. The maximum absolute atomic E-state index is 10.3. The number of aryl methyl sites for hydroxylation is 1. The van der Waals surface area contributed by atoms with Crippen molar-refractivity contribution in [2.75, 3.05) is 19.3 Å². The fraction of sp³-hybridized carbons (Fsp3) is 0.647. The fourth-order valence-electron chi connectivity index (χ4n) is 3.06. The summed E-state index contributed by atoms with van der Waals surface area (Å²) in [6.45, 7) is 2.93. The predicted molar refractivity (Wildman–Crippen MR) is 84.7 cm³/mol. The number of hydrogen-bond donors (Lipinski definition) is 2. The predicted octanol–water partition coefficient (Wildman–Crippen LogP) is 3.27. The second-order valence-corrected chi connectivity index (χ2v) is 6.19. The van der Waals surface area contributed by atoms with E-state index in [1.807, 2.05) is 25.1 Å². The Morgan fingerprint density at radius 3 is 2.65 bits per heavy atom. The third-order valence-electron chi connectivity index (χ3n) is 4.64. The van der Waals surface area contributed by atoms with Gasteiger partial charge in [-0.25, -0.2) is 0 Å². The van der Waals surface area contributed by atoms with Crippen LogP contribution in [-0.4, -0.2) is 29.6 Å². The molecule has 0 spiro atoms. The summed E-state index contributed by atoms with van der Waals surface area (Å²) < 4.78 is 0. The molecule has 1 aromatic carbocycles. The van der Waals surface area contributed by atoms with Crippen LogP contribution in [-0.2, 0) is 0 Å². The van der Waals surface area contributed by atoms with Gasteiger partial charge in [0.25, 0.3) is 0 Å². The van der Waals surface area contributed by atoms with Gasteiger partial charge in [-0.3, -0.25) is 0 Å². The molecular formula is C17H28N2O. The first-order chi connectivity index (χ1) is 9.58. The molecule has 0 aromatic heterocycles. The molecule has 3 N–H and O–H groups in total. The molecule has 1 atom stereocenters. The zero-order chi connectivity index (χ0) is 14.5. The molecule has 1 fully saturated rings. The van der Waals surface area contributed by atoms with Crippen LogP contribution in [0.3, 0.4) is 0 Å². The van der Waals surface area contributed by atoms with Gasteiger partial charge in [-0.05, 0) is 50.4 Å². The maximum Gasteiger partial charge on any atom is 0.0803 e. The summed E-state index contributed by atoms with van der Waals surface area (Å²) in [4.78, 5) is 2.42. The van der Waals surface area contributed by atoms with Gasteiger partial charge < -0.3 is 15.7 Å². The van der Waals surface area contributed by atoms with Crippen molar-refractivity contribution in [1.82, 2.24) is 4.90 Å². The van der Waals surface area contributed by atoms with Crippen LogP contribution in [0.5, 0.6) is 0 Å². The Morgan fingerprint density at radius 2 is 2.00 bits per heavy atom. The minimum Gasteiger partial charge on any atom is -0.399 e. The maximum atomic E-state index is 10.3. The molecule has 1 unspecified atom stereocenters. The van der Waals surface area contributed by atoms with E-state index in [2.05, 4.69) is 11.9 Å². The number of nitrogens with zero attached hydrogens (tertiary/aromatic N) is 1. The number of rotatable bonds is 5. The van der Waals surface area contributed by atoms with Gasteiger partial charge in [0.2, 0.25) is 0 Å². The van der Waals surface area contributed by atoms with Gasteiger partial charge in [0, 0.05) is 18.3 Å². The molecule has 2 rings (SSSR count). The van der Waals surface area contributed by atoms with Gasteiger partial charge >= 0.3 is 0 Å². The van der Waals surface area contributed by atoms with Crippen LogP contribution in [0.2, 0.25) is 0 Å². The Morgan fingerprint density at radius 1 is 1.30 bits per heavy atom. The molecule has 0 radical (unpaired) electrons. The summed E-state index contributed by atoms with van der Waals surface area (Å²) >= 11 is 0. The van der Waals surface area contributed by atoms with Crippen LogP contribution in [0.15, 0.2) is 18.2 Å². The van der Waals surface area contributed by atoms with E-state index < -0.39 is 6.10 Å².